The molecule has 20 heavy (non-hydrogen) atoms. The zero-order chi connectivity index (χ0) is 13.0. The number of nitrogens with one attached hydrogen (secondary N) is 1. The fourth-order valence-electron chi connectivity index (χ4n) is 1.95. The van der Waals surface area contributed by atoms with E-state index in [2.05, 4.69) is 15.2 Å². The summed E-state index contributed by atoms with van der Waals surface area (Å²) in [5.41, 5.74) is 5.82. The van der Waals surface area contributed by atoms with Crippen molar-refractivity contribution in [2.75, 3.05) is 25.0 Å². The molecule has 0 bridgehead atoms. The summed E-state index contributed by atoms with van der Waals surface area (Å²) in [6, 6.07) is 3.67. The molecule has 5 nitrogen and oxygen atoms in total. The van der Waals surface area contributed by atoms with Gasteiger partial charge in [0.05, 0.1) is 11.6 Å². The third-order valence-electron chi connectivity index (χ3n) is 2.99. The second-order valence-corrected chi connectivity index (χ2v) is 4.96. The summed E-state index contributed by atoms with van der Waals surface area (Å²) in [5, 5.41) is 3.30. The van der Waals surface area contributed by atoms with Crippen molar-refractivity contribution in [3.05, 3.63) is 23.4 Å². The number of carbonyl (C=O) groups excluding carboxylic acids is 1. The highest BCUT2D eigenvalue weighted by Gasteiger charge is 2.18. The minimum Gasteiger partial charge on any atom is -0.328 e. The van der Waals surface area contributed by atoms with Crippen molar-refractivity contribution in [1.29, 1.82) is 0 Å². The van der Waals surface area contributed by atoms with Crippen LogP contribution in [0.2, 0.25) is 5.02 Å². The number of pyridine rings is 1. The molecule has 1 amide bonds. The summed E-state index contributed by atoms with van der Waals surface area (Å²) in [6.07, 6.45) is 3.41. The molecular weight excluding hydrogens is 323 g/mol. The Labute approximate surface area is 136 Å². The first kappa shape index (κ1) is 19.4. The van der Waals surface area contributed by atoms with Crippen molar-refractivity contribution in [3.8, 4) is 0 Å². The van der Waals surface area contributed by atoms with E-state index in [0.29, 0.717) is 17.4 Å². The number of rotatable bonds is 3. The second kappa shape index (κ2) is 9.37. The van der Waals surface area contributed by atoms with Gasteiger partial charge in [-0.1, -0.05) is 11.6 Å². The fourth-order valence-corrected chi connectivity index (χ4v) is 2.06. The molecule has 0 unspecified atom stereocenters. The topological polar surface area (TPSA) is 71.2 Å². The molecule has 0 aliphatic carbocycles. The number of hydrogen-bond donors (Lipinski definition) is 2. The van der Waals surface area contributed by atoms with Crippen LogP contribution in [0.3, 0.4) is 0 Å². The number of nitrogens with zero attached hydrogens (tertiary/aromatic N) is 2. The number of likely N-dealkylation sites (tertiary alicyclic amines) is 1. The van der Waals surface area contributed by atoms with E-state index in [1.807, 2.05) is 0 Å². The van der Waals surface area contributed by atoms with Gasteiger partial charge < -0.3 is 11.1 Å². The summed E-state index contributed by atoms with van der Waals surface area (Å²) < 4.78 is 0. The molecule has 2 heterocycles. The molecule has 2 rings (SSSR count). The first-order chi connectivity index (χ1) is 8.63. The Morgan fingerprint density at radius 1 is 1.40 bits per heavy atom. The minimum atomic E-state index is -0.0553. The summed E-state index contributed by atoms with van der Waals surface area (Å²) >= 11 is 5.72. The van der Waals surface area contributed by atoms with Crippen molar-refractivity contribution in [2.24, 2.45) is 5.73 Å². The Hall–Kier alpha value is -0.590. The number of piperidine rings is 1. The van der Waals surface area contributed by atoms with E-state index in [1.165, 1.54) is 6.20 Å². The predicted octanol–water partition coefficient (Wildman–Crippen LogP) is 1.94. The van der Waals surface area contributed by atoms with E-state index in [0.717, 1.165) is 25.9 Å². The van der Waals surface area contributed by atoms with Crippen LogP contribution in [-0.2, 0) is 4.79 Å². The quantitative estimate of drug-likeness (QED) is 0.881. The van der Waals surface area contributed by atoms with Crippen LogP contribution < -0.4 is 11.1 Å². The highest BCUT2D eigenvalue weighted by Crippen LogP contribution is 2.10. The van der Waals surface area contributed by atoms with Gasteiger partial charge in [-0.25, -0.2) is 4.98 Å². The summed E-state index contributed by atoms with van der Waals surface area (Å²) in [5.74, 6) is 0.471. The van der Waals surface area contributed by atoms with E-state index in [1.54, 1.807) is 12.1 Å². The number of carbonyl (C=O) groups is 1. The van der Waals surface area contributed by atoms with Crippen LogP contribution in [-0.4, -0.2) is 41.5 Å². The van der Waals surface area contributed by atoms with E-state index in [4.69, 9.17) is 17.3 Å². The molecule has 8 heteroatoms. The van der Waals surface area contributed by atoms with Crippen LogP contribution >= 0.6 is 36.4 Å². The number of anilines is 1. The Balaban J connectivity index is 0.00000180. The van der Waals surface area contributed by atoms with Crippen molar-refractivity contribution < 1.29 is 4.79 Å². The van der Waals surface area contributed by atoms with E-state index >= 15 is 0 Å². The highest BCUT2D eigenvalue weighted by molar-refractivity contribution is 6.30. The molecule has 1 aromatic heterocycles. The van der Waals surface area contributed by atoms with Crippen molar-refractivity contribution in [2.45, 2.75) is 18.9 Å². The molecule has 0 saturated carbocycles. The van der Waals surface area contributed by atoms with Gasteiger partial charge in [0.25, 0.3) is 0 Å². The molecule has 0 aromatic carbocycles. The largest absolute Gasteiger partial charge is 0.328 e. The predicted molar refractivity (Wildman–Crippen MR) is 86.0 cm³/mol. The van der Waals surface area contributed by atoms with E-state index in [9.17, 15) is 4.79 Å². The lowest BCUT2D eigenvalue weighted by molar-refractivity contribution is -0.117. The van der Waals surface area contributed by atoms with Crippen LogP contribution in [0.15, 0.2) is 18.3 Å². The Morgan fingerprint density at radius 2 is 2.05 bits per heavy atom. The van der Waals surface area contributed by atoms with Gasteiger partial charge in [0, 0.05) is 25.3 Å². The lowest BCUT2D eigenvalue weighted by atomic mass is 10.1. The number of halogens is 3. The first-order valence-electron chi connectivity index (χ1n) is 6.03. The second-order valence-electron chi connectivity index (χ2n) is 4.52. The maximum absolute atomic E-state index is 11.8. The summed E-state index contributed by atoms with van der Waals surface area (Å²) in [7, 11) is 0. The molecule has 1 aromatic rings. The molecule has 0 atom stereocenters. The van der Waals surface area contributed by atoms with Gasteiger partial charge in [-0.05, 0) is 25.0 Å². The molecule has 1 aliphatic rings. The Kier molecular flexibility index (Phi) is 9.09. The lowest BCUT2D eigenvalue weighted by Crippen LogP contribution is -2.43. The van der Waals surface area contributed by atoms with Crippen LogP contribution in [0, 0.1) is 0 Å². The van der Waals surface area contributed by atoms with Gasteiger partial charge in [-0.3, -0.25) is 9.69 Å². The maximum atomic E-state index is 11.8. The van der Waals surface area contributed by atoms with Crippen LogP contribution in [0.25, 0.3) is 0 Å². The van der Waals surface area contributed by atoms with Gasteiger partial charge in [0.15, 0.2) is 0 Å². The average molecular weight is 342 g/mol. The maximum Gasteiger partial charge on any atom is 0.239 e. The zero-order valence-electron chi connectivity index (χ0n) is 10.9. The summed E-state index contributed by atoms with van der Waals surface area (Å²) in [6.45, 7) is 2.14. The van der Waals surface area contributed by atoms with Gasteiger partial charge in [-0.15, -0.1) is 24.8 Å². The molecule has 114 valence electrons. The van der Waals surface area contributed by atoms with Crippen LogP contribution in [0.1, 0.15) is 12.8 Å². The minimum absolute atomic E-state index is 0. The van der Waals surface area contributed by atoms with Gasteiger partial charge >= 0.3 is 0 Å². The third kappa shape index (κ3) is 6.24. The number of nitrogens with two attached hydrogens (primary N) is 1. The Bertz CT molecular complexity index is 408. The van der Waals surface area contributed by atoms with Gasteiger partial charge in [-0.2, -0.15) is 0 Å². The van der Waals surface area contributed by atoms with E-state index < -0.39 is 0 Å². The average Bonchev–Trinajstić information content (AvgIpc) is 2.35. The van der Waals surface area contributed by atoms with Crippen molar-refractivity contribution in [1.82, 2.24) is 9.88 Å². The normalized spacial score (nSPS) is 15.9. The number of amides is 1. The van der Waals surface area contributed by atoms with E-state index in [-0.39, 0.29) is 36.8 Å². The van der Waals surface area contributed by atoms with Gasteiger partial charge in [0.2, 0.25) is 5.91 Å². The lowest BCUT2D eigenvalue weighted by Gasteiger charge is -2.29. The number of aromatic nitrogens is 1. The molecular formula is C12H19Cl3N4O. The molecule has 1 aliphatic heterocycles. The molecule has 1 fully saturated rings. The SMILES string of the molecule is Cl.Cl.NC1CCN(CC(=O)Nc2ccc(Cl)cn2)CC1. The zero-order valence-corrected chi connectivity index (χ0v) is 13.3. The monoisotopic (exact) mass is 340 g/mol. The third-order valence-corrected chi connectivity index (χ3v) is 3.22. The molecule has 1 saturated heterocycles. The standard InChI is InChI=1S/C12H17ClN4O.2ClH/c13-9-1-2-11(15-7-9)16-12(18)8-17-5-3-10(14)4-6-17;;/h1-2,7,10H,3-6,8,14H2,(H,15,16,18);2*1H. The first-order valence-corrected chi connectivity index (χ1v) is 6.40. The van der Waals surface area contributed by atoms with Crippen molar-refractivity contribution in [3.63, 3.8) is 0 Å². The molecule has 0 radical (unpaired) electrons. The summed E-state index contributed by atoms with van der Waals surface area (Å²) in [4.78, 5) is 17.9. The molecule has 0 spiro atoms. The smallest absolute Gasteiger partial charge is 0.239 e. The fraction of sp³-hybridized carbons (Fsp3) is 0.500. The van der Waals surface area contributed by atoms with Crippen LogP contribution in [0.4, 0.5) is 5.82 Å². The highest BCUT2D eigenvalue weighted by atomic mass is 35.5. The number of hydrogen-bond acceptors (Lipinski definition) is 4. The van der Waals surface area contributed by atoms with Crippen molar-refractivity contribution >= 4 is 48.1 Å². The van der Waals surface area contributed by atoms with Gasteiger partial charge in [0.1, 0.15) is 5.82 Å². The Morgan fingerprint density at radius 3 is 2.60 bits per heavy atom. The van der Waals surface area contributed by atoms with Crippen LogP contribution in [0.5, 0.6) is 0 Å². The molecule has 3 N–H and O–H groups in total.